The summed E-state index contributed by atoms with van der Waals surface area (Å²) < 4.78 is 0. The lowest BCUT2D eigenvalue weighted by atomic mass is 10.0. The second-order valence-electron chi connectivity index (χ2n) is 5.17. The molecule has 0 bridgehead atoms. The highest BCUT2D eigenvalue weighted by Crippen LogP contribution is 2.31. The van der Waals surface area contributed by atoms with Gasteiger partial charge in [0.1, 0.15) is 0 Å². The fraction of sp³-hybridized carbons (Fsp3) is 0.294. The summed E-state index contributed by atoms with van der Waals surface area (Å²) >= 11 is 12.3. The van der Waals surface area contributed by atoms with Crippen molar-refractivity contribution in [3.63, 3.8) is 0 Å². The van der Waals surface area contributed by atoms with Gasteiger partial charge < -0.3 is 5.32 Å². The van der Waals surface area contributed by atoms with Crippen LogP contribution in [0, 0.1) is 6.92 Å². The van der Waals surface area contributed by atoms with Crippen molar-refractivity contribution in [1.29, 1.82) is 0 Å². The molecule has 2 atom stereocenters. The van der Waals surface area contributed by atoms with E-state index in [-0.39, 0.29) is 12.1 Å². The zero-order valence-electron chi connectivity index (χ0n) is 12.0. The Balaban J connectivity index is 2.15. The van der Waals surface area contributed by atoms with E-state index in [2.05, 4.69) is 50.4 Å². The van der Waals surface area contributed by atoms with Gasteiger partial charge in [-0.3, -0.25) is 0 Å². The molecule has 3 heteroatoms. The third kappa shape index (κ3) is 3.54. The molecule has 0 heterocycles. The smallest absolute Gasteiger partial charge is 0.0639 e. The van der Waals surface area contributed by atoms with Crippen LogP contribution in [0.4, 0.5) is 0 Å². The molecule has 20 heavy (non-hydrogen) atoms. The Labute approximate surface area is 130 Å². The van der Waals surface area contributed by atoms with Crippen LogP contribution >= 0.6 is 23.2 Å². The van der Waals surface area contributed by atoms with Gasteiger partial charge in [-0.1, -0.05) is 65.2 Å². The lowest BCUT2D eigenvalue weighted by Crippen LogP contribution is -2.22. The normalized spacial score (nSPS) is 14.1. The molecule has 0 amide bonds. The lowest BCUT2D eigenvalue weighted by Gasteiger charge is -2.22. The second kappa shape index (κ2) is 6.62. The molecule has 2 aromatic rings. The second-order valence-corrected chi connectivity index (χ2v) is 5.95. The molecule has 1 N–H and O–H groups in total. The summed E-state index contributed by atoms with van der Waals surface area (Å²) in [6.07, 6.45) is 0. The summed E-state index contributed by atoms with van der Waals surface area (Å²) in [5.41, 5.74) is 3.57. The van der Waals surface area contributed by atoms with E-state index in [0.717, 1.165) is 5.56 Å². The minimum atomic E-state index is 0.136. The summed E-state index contributed by atoms with van der Waals surface area (Å²) in [5, 5.41) is 4.79. The molecule has 1 unspecified atom stereocenters. The number of hydrogen-bond donors (Lipinski definition) is 1. The Morgan fingerprint density at radius 2 is 1.65 bits per heavy atom. The van der Waals surface area contributed by atoms with Crippen LogP contribution in [-0.4, -0.2) is 0 Å². The van der Waals surface area contributed by atoms with E-state index >= 15 is 0 Å². The van der Waals surface area contributed by atoms with Crippen LogP contribution in [0.1, 0.15) is 42.6 Å². The number of nitrogens with one attached hydrogen (secondary N) is 1. The number of hydrogen-bond acceptors (Lipinski definition) is 1. The molecular weight excluding hydrogens is 289 g/mol. The van der Waals surface area contributed by atoms with Crippen molar-refractivity contribution < 1.29 is 0 Å². The van der Waals surface area contributed by atoms with E-state index in [4.69, 9.17) is 23.2 Å². The highest BCUT2D eigenvalue weighted by atomic mass is 35.5. The average molecular weight is 308 g/mol. The van der Waals surface area contributed by atoms with Gasteiger partial charge in [-0.15, -0.1) is 0 Å². The van der Waals surface area contributed by atoms with Gasteiger partial charge in [0.05, 0.1) is 10.0 Å². The first-order valence-electron chi connectivity index (χ1n) is 6.75. The summed E-state index contributed by atoms with van der Waals surface area (Å²) in [6, 6.07) is 14.7. The first-order chi connectivity index (χ1) is 9.49. The lowest BCUT2D eigenvalue weighted by molar-refractivity contribution is 0.494. The van der Waals surface area contributed by atoms with Crippen LogP contribution in [-0.2, 0) is 0 Å². The highest BCUT2D eigenvalue weighted by molar-refractivity contribution is 6.42. The van der Waals surface area contributed by atoms with Gasteiger partial charge in [0.2, 0.25) is 0 Å². The van der Waals surface area contributed by atoms with Gasteiger partial charge in [-0.2, -0.15) is 0 Å². The number of aryl methyl sites for hydroxylation is 1. The molecule has 0 aromatic heterocycles. The largest absolute Gasteiger partial charge is 0.304 e. The Bertz CT molecular complexity index is 595. The van der Waals surface area contributed by atoms with Gasteiger partial charge in [-0.05, 0) is 38.0 Å². The molecule has 106 valence electrons. The minimum absolute atomic E-state index is 0.136. The van der Waals surface area contributed by atoms with Crippen LogP contribution in [0.3, 0.4) is 0 Å². The molecule has 0 aliphatic heterocycles. The maximum absolute atomic E-state index is 6.27. The van der Waals surface area contributed by atoms with Gasteiger partial charge in [-0.25, -0.2) is 0 Å². The van der Waals surface area contributed by atoms with E-state index in [1.807, 2.05) is 18.2 Å². The molecule has 0 aliphatic rings. The summed E-state index contributed by atoms with van der Waals surface area (Å²) in [7, 11) is 0. The van der Waals surface area contributed by atoms with E-state index in [1.54, 1.807) is 0 Å². The number of halogens is 2. The van der Waals surface area contributed by atoms with Crippen LogP contribution in [0.2, 0.25) is 10.0 Å². The van der Waals surface area contributed by atoms with Gasteiger partial charge in [0, 0.05) is 12.1 Å². The Kier molecular flexibility index (Phi) is 5.09. The predicted octanol–water partition coefficient (Wildman–Crippen LogP) is 5.71. The fourth-order valence-electron chi connectivity index (χ4n) is 2.36. The zero-order valence-corrected chi connectivity index (χ0v) is 13.5. The molecule has 0 saturated carbocycles. The first-order valence-corrected chi connectivity index (χ1v) is 7.51. The summed E-state index contributed by atoms with van der Waals surface area (Å²) in [4.78, 5) is 0. The van der Waals surface area contributed by atoms with Crippen LogP contribution < -0.4 is 5.32 Å². The van der Waals surface area contributed by atoms with Crippen LogP contribution in [0.25, 0.3) is 0 Å². The molecule has 0 aliphatic carbocycles. The van der Waals surface area contributed by atoms with Crippen molar-refractivity contribution >= 4 is 23.2 Å². The Morgan fingerprint density at radius 1 is 0.950 bits per heavy atom. The van der Waals surface area contributed by atoms with E-state index in [9.17, 15) is 0 Å². The molecule has 0 saturated heterocycles. The third-order valence-corrected chi connectivity index (χ3v) is 4.32. The Hall–Kier alpha value is -1.02. The van der Waals surface area contributed by atoms with Crippen molar-refractivity contribution in [2.45, 2.75) is 32.9 Å². The summed E-state index contributed by atoms with van der Waals surface area (Å²) in [5.74, 6) is 0. The third-order valence-electron chi connectivity index (χ3n) is 3.49. The minimum Gasteiger partial charge on any atom is -0.304 e. The maximum atomic E-state index is 6.27. The molecular formula is C17H19Cl2N. The fourth-order valence-corrected chi connectivity index (χ4v) is 2.83. The standard InChI is InChI=1S/C17H19Cl2N/c1-11-6-4-7-14(10-11)12(2)20-13(3)15-8-5-9-16(18)17(15)19/h4-10,12-13,20H,1-3H3/t12-,13?/m1/s1. The number of rotatable bonds is 4. The van der Waals surface area contributed by atoms with E-state index in [1.165, 1.54) is 11.1 Å². The predicted molar refractivity (Wildman–Crippen MR) is 87.6 cm³/mol. The van der Waals surface area contributed by atoms with E-state index < -0.39 is 0 Å². The van der Waals surface area contributed by atoms with Crippen molar-refractivity contribution in [3.8, 4) is 0 Å². The molecule has 0 fully saturated rings. The molecule has 0 spiro atoms. The SMILES string of the molecule is Cc1cccc([C@@H](C)NC(C)c2cccc(Cl)c2Cl)c1. The zero-order chi connectivity index (χ0) is 14.7. The average Bonchev–Trinajstić information content (AvgIpc) is 2.41. The van der Waals surface area contributed by atoms with Gasteiger partial charge in [0.25, 0.3) is 0 Å². The quantitative estimate of drug-likeness (QED) is 0.762. The number of benzene rings is 2. The van der Waals surface area contributed by atoms with Gasteiger partial charge >= 0.3 is 0 Å². The highest BCUT2D eigenvalue weighted by Gasteiger charge is 2.15. The molecule has 2 aromatic carbocycles. The van der Waals surface area contributed by atoms with Crippen molar-refractivity contribution in [2.24, 2.45) is 0 Å². The molecule has 1 nitrogen and oxygen atoms in total. The topological polar surface area (TPSA) is 12.0 Å². The molecule has 2 rings (SSSR count). The van der Waals surface area contributed by atoms with Crippen molar-refractivity contribution in [3.05, 3.63) is 69.2 Å². The van der Waals surface area contributed by atoms with Crippen molar-refractivity contribution in [1.82, 2.24) is 5.32 Å². The monoisotopic (exact) mass is 307 g/mol. The van der Waals surface area contributed by atoms with Crippen molar-refractivity contribution in [2.75, 3.05) is 0 Å². The van der Waals surface area contributed by atoms with E-state index in [0.29, 0.717) is 10.0 Å². The Morgan fingerprint density at radius 3 is 2.35 bits per heavy atom. The summed E-state index contributed by atoms with van der Waals surface area (Å²) in [6.45, 7) is 6.36. The maximum Gasteiger partial charge on any atom is 0.0639 e. The molecule has 0 radical (unpaired) electrons. The van der Waals surface area contributed by atoms with Gasteiger partial charge in [0.15, 0.2) is 0 Å². The first kappa shape index (κ1) is 15.4. The van der Waals surface area contributed by atoms with Crippen LogP contribution in [0.5, 0.6) is 0 Å². The van der Waals surface area contributed by atoms with Crippen LogP contribution in [0.15, 0.2) is 42.5 Å².